The lowest BCUT2D eigenvalue weighted by atomic mass is 10.0. The summed E-state index contributed by atoms with van der Waals surface area (Å²) in [4.78, 5) is 11.9. The molecule has 3 heteroatoms. The van der Waals surface area contributed by atoms with E-state index in [-0.39, 0.29) is 5.91 Å². The Kier molecular flexibility index (Phi) is 4.49. The van der Waals surface area contributed by atoms with Crippen LogP contribution in [0.5, 0.6) is 0 Å². The van der Waals surface area contributed by atoms with Crippen molar-refractivity contribution in [1.29, 1.82) is 0 Å². The van der Waals surface area contributed by atoms with Crippen LogP contribution in [-0.4, -0.2) is 10.5 Å². The highest BCUT2D eigenvalue weighted by Gasteiger charge is 2.18. The molecular weight excluding hydrogens is 308 g/mol. The molecule has 3 rings (SSSR count). The van der Waals surface area contributed by atoms with Gasteiger partial charge < -0.3 is 10.3 Å². The molecule has 0 aliphatic heterocycles. The Morgan fingerprint density at radius 3 is 2.32 bits per heavy atom. The number of nitrogens with zero attached hydrogens (tertiary/aromatic N) is 1. The number of hydrogen-bond acceptors (Lipinski definition) is 1. The molecule has 3 aromatic rings. The van der Waals surface area contributed by atoms with Gasteiger partial charge in [0.15, 0.2) is 0 Å². The number of carbonyl (C=O) groups excluding carboxylic acids is 1. The molecule has 0 saturated heterocycles. The van der Waals surface area contributed by atoms with Crippen LogP contribution in [0.3, 0.4) is 0 Å². The molecule has 1 aromatic heterocycles. The van der Waals surface area contributed by atoms with Gasteiger partial charge in [0.25, 0.3) is 5.91 Å². The van der Waals surface area contributed by atoms with Gasteiger partial charge >= 0.3 is 0 Å². The largest absolute Gasteiger partial charge is 0.366 e. The second-order valence-electron chi connectivity index (χ2n) is 6.72. The van der Waals surface area contributed by atoms with Crippen molar-refractivity contribution in [2.24, 2.45) is 5.73 Å². The fraction of sp³-hybridized carbons (Fsp3) is 0.227. The Labute approximate surface area is 149 Å². The van der Waals surface area contributed by atoms with Gasteiger partial charge in [-0.3, -0.25) is 4.79 Å². The number of nitrogens with two attached hydrogens (primary N) is 1. The number of aromatic nitrogens is 1. The van der Waals surface area contributed by atoms with Crippen molar-refractivity contribution in [1.82, 2.24) is 4.57 Å². The zero-order chi connectivity index (χ0) is 18.1. The van der Waals surface area contributed by atoms with Crippen LogP contribution in [0, 0.1) is 27.7 Å². The standard InChI is InChI=1S/C22H24N2O/c1-14-9-10-19(16(3)11-14)21-12-20(22(23)25)17(4)24(21)13-18-8-6-5-7-15(18)2/h5-12H,13H2,1-4H3,(H2,23,25). The van der Waals surface area contributed by atoms with Crippen molar-refractivity contribution < 1.29 is 4.79 Å². The maximum atomic E-state index is 11.9. The van der Waals surface area contributed by atoms with Crippen molar-refractivity contribution in [3.05, 3.63) is 82.0 Å². The van der Waals surface area contributed by atoms with Crippen LogP contribution in [-0.2, 0) is 6.54 Å². The van der Waals surface area contributed by atoms with Crippen LogP contribution in [0.15, 0.2) is 48.5 Å². The molecule has 2 N–H and O–H groups in total. The summed E-state index contributed by atoms with van der Waals surface area (Å²) in [7, 11) is 0. The first kappa shape index (κ1) is 17.0. The molecule has 1 heterocycles. The second-order valence-corrected chi connectivity index (χ2v) is 6.72. The summed E-state index contributed by atoms with van der Waals surface area (Å²) in [5, 5.41) is 0. The monoisotopic (exact) mass is 332 g/mol. The van der Waals surface area contributed by atoms with E-state index < -0.39 is 0 Å². The number of hydrogen-bond donors (Lipinski definition) is 1. The van der Waals surface area contributed by atoms with Gasteiger partial charge in [-0.2, -0.15) is 0 Å². The van der Waals surface area contributed by atoms with Gasteiger partial charge in [-0.25, -0.2) is 0 Å². The second kappa shape index (κ2) is 6.60. The Bertz CT molecular complexity index is 951. The fourth-order valence-corrected chi connectivity index (χ4v) is 3.38. The summed E-state index contributed by atoms with van der Waals surface area (Å²) in [6, 6.07) is 16.7. The summed E-state index contributed by atoms with van der Waals surface area (Å²) in [5.41, 5.74) is 14.2. The van der Waals surface area contributed by atoms with E-state index in [2.05, 4.69) is 55.7 Å². The highest BCUT2D eigenvalue weighted by atomic mass is 16.1. The molecule has 0 atom stereocenters. The van der Waals surface area contributed by atoms with Gasteiger partial charge in [0.1, 0.15) is 0 Å². The van der Waals surface area contributed by atoms with Crippen molar-refractivity contribution in [2.75, 3.05) is 0 Å². The first-order valence-corrected chi connectivity index (χ1v) is 8.50. The molecule has 0 bridgehead atoms. The third-order valence-electron chi connectivity index (χ3n) is 4.88. The third kappa shape index (κ3) is 3.22. The molecule has 0 spiro atoms. The average molecular weight is 332 g/mol. The summed E-state index contributed by atoms with van der Waals surface area (Å²) in [6.45, 7) is 8.98. The summed E-state index contributed by atoms with van der Waals surface area (Å²) < 4.78 is 2.19. The Morgan fingerprint density at radius 2 is 1.68 bits per heavy atom. The highest BCUT2D eigenvalue weighted by molar-refractivity contribution is 5.95. The van der Waals surface area contributed by atoms with E-state index >= 15 is 0 Å². The van der Waals surface area contributed by atoms with E-state index in [4.69, 9.17) is 5.73 Å². The van der Waals surface area contributed by atoms with Crippen LogP contribution in [0.1, 0.15) is 38.3 Å². The minimum absolute atomic E-state index is 0.382. The zero-order valence-corrected chi connectivity index (χ0v) is 15.3. The molecule has 0 saturated carbocycles. The number of aryl methyl sites for hydroxylation is 3. The van der Waals surface area contributed by atoms with E-state index in [1.807, 2.05) is 25.1 Å². The number of primary amides is 1. The minimum Gasteiger partial charge on any atom is -0.366 e. The lowest BCUT2D eigenvalue weighted by Gasteiger charge is -2.15. The minimum atomic E-state index is -0.382. The van der Waals surface area contributed by atoms with Crippen molar-refractivity contribution >= 4 is 5.91 Å². The van der Waals surface area contributed by atoms with Gasteiger partial charge in [-0.1, -0.05) is 48.0 Å². The molecule has 2 aromatic carbocycles. The zero-order valence-electron chi connectivity index (χ0n) is 15.3. The molecule has 3 nitrogen and oxygen atoms in total. The molecule has 0 aliphatic rings. The lowest BCUT2D eigenvalue weighted by molar-refractivity contribution is 0.0999. The number of amides is 1. The molecule has 0 radical (unpaired) electrons. The van der Waals surface area contributed by atoms with E-state index in [9.17, 15) is 4.79 Å². The van der Waals surface area contributed by atoms with Crippen LogP contribution in [0.2, 0.25) is 0 Å². The molecular formula is C22H24N2O. The van der Waals surface area contributed by atoms with Crippen molar-refractivity contribution in [3.8, 4) is 11.3 Å². The highest BCUT2D eigenvalue weighted by Crippen LogP contribution is 2.30. The Balaban J connectivity index is 2.19. The molecule has 128 valence electrons. The predicted molar refractivity (Wildman–Crippen MR) is 103 cm³/mol. The van der Waals surface area contributed by atoms with Crippen LogP contribution in [0.25, 0.3) is 11.3 Å². The maximum Gasteiger partial charge on any atom is 0.250 e. The first-order chi connectivity index (χ1) is 11.9. The quantitative estimate of drug-likeness (QED) is 0.749. The van der Waals surface area contributed by atoms with Gasteiger partial charge in [-0.15, -0.1) is 0 Å². The summed E-state index contributed by atoms with van der Waals surface area (Å²) in [5.74, 6) is -0.382. The van der Waals surface area contributed by atoms with E-state index in [0.717, 1.165) is 17.0 Å². The number of benzene rings is 2. The fourth-order valence-electron chi connectivity index (χ4n) is 3.38. The Morgan fingerprint density at radius 1 is 0.960 bits per heavy atom. The maximum absolute atomic E-state index is 11.9. The normalized spacial score (nSPS) is 10.9. The van der Waals surface area contributed by atoms with Gasteiger partial charge in [-0.05, 0) is 50.5 Å². The lowest BCUT2D eigenvalue weighted by Crippen LogP contribution is -2.13. The third-order valence-corrected chi connectivity index (χ3v) is 4.88. The smallest absolute Gasteiger partial charge is 0.250 e. The summed E-state index contributed by atoms with van der Waals surface area (Å²) >= 11 is 0. The van der Waals surface area contributed by atoms with E-state index in [0.29, 0.717) is 12.1 Å². The van der Waals surface area contributed by atoms with E-state index in [1.54, 1.807) is 0 Å². The average Bonchev–Trinajstić information content (AvgIpc) is 2.87. The van der Waals surface area contributed by atoms with Gasteiger partial charge in [0, 0.05) is 23.5 Å². The predicted octanol–water partition coefficient (Wildman–Crippen LogP) is 4.54. The number of rotatable bonds is 4. The SMILES string of the molecule is Cc1ccc(-c2cc(C(N)=O)c(C)n2Cc2ccccc2C)c(C)c1. The van der Waals surface area contributed by atoms with Crippen LogP contribution < -0.4 is 5.73 Å². The van der Waals surface area contributed by atoms with Crippen molar-refractivity contribution in [3.63, 3.8) is 0 Å². The van der Waals surface area contributed by atoms with Gasteiger partial charge in [0.2, 0.25) is 0 Å². The first-order valence-electron chi connectivity index (χ1n) is 8.50. The summed E-state index contributed by atoms with van der Waals surface area (Å²) in [6.07, 6.45) is 0. The topological polar surface area (TPSA) is 48.0 Å². The van der Waals surface area contributed by atoms with E-state index in [1.165, 1.54) is 22.3 Å². The molecule has 0 unspecified atom stereocenters. The van der Waals surface area contributed by atoms with Crippen LogP contribution in [0.4, 0.5) is 0 Å². The van der Waals surface area contributed by atoms with Crippen LogP contribution >= 0.6 is 0 Å². The van der Waals surface area contributed by atoms with Crippen molar-refractivity contribution in [2.45, 2.75) is 34.2 Å². The number of carbonyl (C=O) groups is 1. The molecule has 1 amide bonds. The molecule has 0 aliphatic carbocycles. The van der Waals surface area contributed by atoms with Gasteiger partial charge in [0.05, 0.1) is 5.56 Å². The molecule has 25 heavy (non-hydrogen) atoms. The Hall–Kier alpha value is -2.81. The molecule has 0 fully saturated rings.